The smallest absolute Gasteiger partial charge is 0.416 e. The molecule has 2 aromatic carbocycles. The van der Waals surface area contributed by atoms with E-state index in [0.717, 1.165) is 12.1 Å². The molecule has 8 nitrogen and oxygen atoms in total. The van der Waals surface area contributed by atoms with Gasteiger partial charge in [0.25, 0.3) is 5.91 Å². The molecule has 2 amide bonds. The van der Waals surface area contributed by atoms with Gasteiger partial charge in [0.05, 0.1) is 11.1 Å². The van der Waals surface area contributed by atoms with E-state index in [1.165, 1.54) is 30.7 Å². The Labute approximate surface area is 205 Å². The van der Waals surface area contributed by atoms with Crippen LogP contribution in [0.4, 0.5) is 18.9 Å². The molecule has 188 valence electrons. The van der Waals surface area contributed by atoms with Crippen LogP contribution in [-0.2, 0) is 17.5 Å². The number of ether oxygens (including phenoxy) is 1. The summed E-state index contributed by atoms with van der Waals surface area (Å²) in [5, 5.41) is 5.68. The zero-order valence-electron chi connectivity index (χ0n) is 19.6. The average Bonchev–Trinajstić information content (AvgIpc) is 2.84. The normalized spacial score (nSPS) is 15.8. The Morgan fingerprint density at radius 2 is 1.86 bits per heavy atom. The van der Waals surface area contributed by atoms with Crippen LogP contribution >= 0.6 is 0 Å². The second kappa shape index (κ2) is 9.94. The second-order valence-electron chi connectivity index (χ2n) is 8.73. The van der Waals surface area contributed by atoms with E-state index in [9.17, 15) is 22.8 Å². The molecule has 2 heterocycles. The van der Waals surface area contributed by atoms with Crippen molar-refractivity contribution in [2.45, 2.75) is 32.1 Å². The quantitative estimate of drug-likeness (QED) is 0.527. The average molecular weight is 499 g/mol. The van der Waals surface area contributed by atoms with Crippen LogP contribution in [0.5, 0.6) is 11.5 Å². The van der Waals surface area contributed by atoms with Gasteiger partial charge in [0.15, 0.2) is 0 Å². The van der Waals surface area contributed by atoms with Gasteiger partial charge in [-0.1, -0.05) is 0 Å². The summed E-state index contributed by atoms with van der Waals surface area (Å²) in [6, 6.07) is 10.8. The number of hydrogen-bond donors (Lipinski definition) is 2. The Morgan fingerprint density at radius 3 is 2.53 bits per heavy atom. The van der Waals surface area contributed by atoms with E-state index in [2.05, 4.69) is 20.6 Å². The number of carbonyl (C=O) groups excluding carboxylic acids is 2. The van der Waals surface area contributed by atoms with Crippen molar-refractivity contribution >= 4 is 17.5 Å². The molecule has 2 N–H and O–H groups in total. The molecule has 4 rings (SSSR count). The van der Waals surface area contributed by atoms with Gasteiger partial charge in [0.1, 0.15) is 23.5 Å². The molecule has 0 aliphatic carbocycles. The molecule has 1 fully saturated rings. The van der Waals surface area contributed by atoms with Crippen molar-refractivity contribution in [2.24, 2.45) is 0 Å². The van der Waals surface area contributed by atoms with Crippen LogP contribution in [0.15, 0.2) is 61.1 Å². The number of nitrogens with zero attached hydrogens (tertiary/aromatic N) is 3. The SMILES string of the molecule is CC1(C)C(=O)NCCN1Cc1cc(Oc2ccc(C(F)(F)F)cc2)ccc1NC(=O)c1ccncn1. The summed E-state index contributed by atoms with van der Waals surface area (Å²) in [5.41, 5.74) is -0.247. The lowest BCUT2D eigenvalue weighted by Gasteiger charge is -2.41. The highest BCUT2D eigenvalue weighted by Gasteiger charge is 2.37. The highest BCUT2D eigenvalue weighted by molar-refractivity contribution is 6.03. The highest BCUT2D eigenvalue weighted by atomic mass is 19.4. The van der Waals surface area contributed by atoms with Gasteiger partial charge in [-0.05, 0) is 67.9 Å². The van der Waals surface area contributed by atoms with Gasteiger partial charge < -0.3 is 15.4 Å². The monoisotopic (exact) mass is 499 g/mol. The van der Waals surface area contributed by atoms with Crippen molar-refractivity contribution in [3.63, 3.8) is 0 Å². The molecule has 0 bridgehead atoms. The number of alkyl halides is 3. The van der Waals surface area contributed by atoms with Crippen molar-refractivity contribution in [3.05, 3.63) is 77.9 Å². The van der Waals surface area contributed by atoms with Crippen molar-refractivity contribution in [1.29, 1.82) is 0 Å². The van der Waals surface area contributed by atoms with E-state index in [1.54, 1.807) is 18.2 Å². The van der Waals surface area contributed by atoms with Gasteiger partial charge in [0, 0.05) is 31.5 Å². The van der Waals surface area contributed by atoms with Gasteiger partial charge in [-0.2, -0.15) is 13.2 Å². The first-order valence-electron chi connectivity index (χ1n) is 11.1. The summed E-state index contributed by atoms with van der Waals surface area (Å²) in [6.45, 7) is 4.99. The molecule has 0 unspecified atom stereocenters. The van der Waals surface area contributed by atoms with E-state index in [-0.39, 0.29) is 17.4 Å². The van der Waals surface area contributed by atoms with Crippen LogP contribution in [-0.4, -0.2) is 45.3 Å². The topological polar surface area (TPSA) is 96.5 Å². The second-order valence-corrected chi connectivity index (χ2v) is 8.73. The minimum absolute atomic E-state index is 0.113. The Bertz CT molecular complexity index is 1250. The van der Waals surface area contributed by atoms with Crippen LogP contribution < -0.4 is 15.4 Å². The third kappa shape index (κ3) is 5.62. The molecule has 11 heteroatoms. The Hall–Kier alpha value is -3.99. The summed E-state index contributed by atoms with van der Waals surface area (Å²) < 4.78 is 44.4. The predicted octanol–water partition coefficient (Wildman–Crippen LogP) is 4.25. The van der Waals surface area contributed by atoms with Crippen LogP contribution in [0, 0.1) is 0 Å². The Balaban J connectivity index is 1.62. The third-order valence-corrected chi connectivity index (χ3v) is 5.93. The standard InChI is InChI=1S/C25H24F3N5O3/c1-24(2)23(35)30-11-12-33(24)14-16-13-19(36-18-5-3-17(4-6-18)25(26,27)28)7-8-20(16)32-22(34)21-9-10-29-15-31-21/h3-10,13,15H,11-12,14H2,1-2H3,(H,30,35)(H,32,34). The number of nitrogens with one attached hydrogen (secondary N) is 2. The maximum atomic E-state index is 12.9. The zero-order valence-corrected chi connectivity index (χ0v) is 19.6. The fraction of sp³-hybridized carbons (Fsp3) is 0.280. The first kappa shape index (κ1) is 25.1. The fourth-order valence-electron chi connectivity index (χ4n) is 3.77. The van der Waals surface area contributed by atoms with Crippen LogP contribution in [0.25, 0.3) is 0 Å². The molecule has 1 saturated heterocycles. The van der Waals surface area contributed by atoms with Crippen molar-refractivity contribution in [3.8, 4) is 11.5 Å². The lowest BCUT2D eigenvalue weighted by molar-refractivity contribution is -0.137. The van der Waals surface area contributed by atoms with Crippen LogP contribution in [0.1, 0.15) is 35.5 Å². The van der Waals surface area contributed by atoms with Crippen LogP contribution in [0.3, 0.4) is 0 Å². The number of aromatic nitrogens is 2. The van der Waals surface area contributed by atoms with Gasteiger partial charge in [-0.15, -0.1) is 0 Å². The Kier molecular flexibility index (Phi) is 6.93. The zero-order chi connectivity index (χ0) is 25.9. The number of piperazine rings is 1. The molecule has 1 aliphatic heterocycles. The molecular weight excluding hydrogens is 475 g/mol. The van der Waals surface area contributed by atoms with Gasteiger partial charge in [0.2, 0.25) is 5.91 Å². The Morgan fingerprint density at radius 1 is 1.14 bits per heavy atom. The van der Waals surface area contributed by atoms with Gasteiger partial charge in [-0.25, -0.2) is 9.97 Å². The number of anilines is 1. The largest absolute Gasteiger partial charge is 0.457 e. The number of rotatable bonds is 6. The fourth-order valence-corrected chi connectivity index (χ4v) is 3.77. The number of halogens is 3. The van der Waals surface area contributed by atoms with E-state index >= 15 is 0 Å². The van der Waals surface area contributed by atoms with E-state index in [4.69, 9.17) is 4.74 Å². The molecule has 0 radical (unpaired) electrons. The number of amides is 2. The van der Waals surface area contributed by atoms with E-state index in [0.29, 0.717) is 36.6 Å². The maximum Gasteiger partial charge on any atom is 0.416 e. The minimum atomic E-state index is -4.44. The molecule has 0 spiro atoms. The van der Waals surface area contributed by atoms with E-state index in [1.807, 2.05) is 18.7 Å². The molecule has 1 aromatic heterocycles. The third-order valence-electron chi connectivity index (χ3n) is 5.93. The number of hydrogen-bond acceptors (Lipinski definition) is 6. The summed E-state index contributed by atoms with van der Waals surface area (Å²) in [4.78, 5) is 34.9. The maximum absolute atomic E-state index is 12.9. The molecule has 0 atom stereocenters. The number of benzene rings is 2. The van der Waals surface area contributed by atoms with E-state index < -0.39 is 23.2 Å². The van der Waals surface area contributed by atoms with Gasteiger partial charge in [-0.3, -0.25) is 14.5 Å². The molecule has 1 aliphatic rings. The van der Waals surface area contributed by atoms with Crippen molar-refractivity contribution in [2.75, 3.05) is 18.4 Å². The molecular formula is C25H24F3N5O3. The summed E-state index contributed by atoms with van der Waals surface area (Å²) >= 11 is 0. The van der Waals surface area contributed by atoms with Gasteiger partial charge >= 0.3 is 6.18 Å². The lowest BCUT2D eigenvalue weighted by atomic mass is 9.97. The first-order valence-corrected chi connectivity index (χ1v) is 11.1. The number of carbonyl (C=O) groups is 2. The summed E-state index contributed by atoms with van der Waals surface area (Å²) in [6.07, 6.45) is -1.72. The summed E-state index contributed by atoms with van der Waals surface area (Å²) in [5.74, 6) is 0.0386. The minimum Gasteiger partial charge on any atom is -0.457 e. The molecule has 3 aromatic rings. The van der Waals surface area contributed by atoms with Crippen molar-refractivity contribution in [1.82, 2.24) is 20.2 Å². The first-order chi connectivity index (χ1) is 17.0. The highest BCUT2D eigenvalue weighted by Crippen LogP contribution is 2.33. The summed E-state index contributed by atoms with van der Waals surface area (Å²) in [7, 11) is 0. The molecule has 36 heavy (non-hydrogen) atoms. The van der Waals surface area contributed by atoms with Crippen molar-refractivity contribution < 1.29 is 27.5 Å². The molecule has 0 saturated carbocycles. The lowest BCUT2D eigenvalue weighted by Crippen LogP contribution is -2.61. The predicted molar refractivity (Wildman–Crippen MR) is 125 cm³/mol. The van der Waals surface area contributed by atoms with Crippen LogP contribution in [0.2, 0.25) is 0 Å².